The molecule has 2 aliphatic rings. The molecule has 0 amide bonds. The van der Waals surface area contributed by atoms with E-state index < -0.39 is 9.84 Å². The Morgan fingerprint density at radius 3 is 2.69 bits per heavy atom. The molecule has 8 nitrogen and oxygen atoms in total. The van der Waals surface area contributed by atoms with Crippen LogP contribution < -0.4 is 0 Å². The fourth-order valence-electron chi connectivity index (χ4n) is 4.44. The molecule has 1 aliphatic carbocycles. The molecular weight excluding hydrogens is 390 g/mol. The maximum Gasteiger partial charge on any atom is 0.227 e. The average molecular weight is 422 g/mol. The van der Waals surface area contributed by atoms with E-state index in [-0.39, 0.29) is 17.0 Å². The van der Waals surface area contributed by atoms with Gasteiger partial charge in [-0.05, 0) is 51.5 Å². The monoisotopic (exact) mass is 421 g/mol. The Morgan fingerprint density at radius 2 is 2.03 bits per heavy atom. The Bertz CT molecular complexity index is 932. The summed E-state index contributed by atoms with van der Waals surface area (Å²) in [4.78, 5) is 6.74. The number of nitrogens with zero attached hydrogens (tertiary/aromatic N) is 5. The van der Waals surface area contributed by atoms with Gasteiger partial charge in [-0.1, -0.05) is 30.1 Å². The predicted molar refractivity (Wildman–Crippen MR) is 108 cm³/mol. The molecule has 2 aromatic heterocycles. The summed E-state index contributed by atoms with van der Waals surface area (Å²) in [5, 5.41) is 8.29. The zero-order valence-electron chi connectivity index (χ0n) is 17.4. The topological polar surface area (TPSA) is 94.1 Å². The third kappa shape index (κ3) is 4.26. The molecule has 1 saturated carbocycles. The molecule has 1 saturated heterocycles. The number of hydrogen-bond donors (Lipinski definition) is 0. The summed E-state index contributed by atoms with van der Waals surface area (Å²) >= 11 is 0. The lowest BCUT2D eigenvalue weighted by molar-refractivity contribution is 0.225. The lowest BCUT2D eigenvalue weighted by atomic mass is 9.87. The van der Waals surface area contributed by atoms with Crippen molar-refractivity contribution in [2.75, 3.05) is 12.3 Å². The van der Waals surface area contributed by atoms with Crippen molar-refractivity contribution >= 4 is 9.84 Å². The van der Waals surface area contributed by atoms with Gasteiger partial charge in [0.2, 0.25) is 15.0 Å². The van der Waals surface area contributed by atoms with Crippen LogP contribution in [0.3, 0.4) is 0 Å². The van der Waals surface area contributed by atoms with Crippen molar-refractivity contribution in [2.45, 2.75) is 83.1 Å². The highest BCUT2D eigenvalue weighted by atomic mass is 32.2. The van der Waals surface area contributed by atoms with Crippen molar-refractivity contribution < 1.29 is 13.0 Å². The van der Waals surface area contributed by atoms with Crippen molar-refractivity contribution in [3.05, 3.63) is 23.3 Å². The second-order valence-electron chi connectivity index (χ2n) is 8.48. The first-order valence-corrected chi connectivity index (χ1v) is 12.4. The van der Waals surface area contributed by atoms with Crippen LogP contribution in [0, 0.1) is 12.8 Å². The third-order valence-corrected chi connectivity index (χ3v) is 8.12. The summed E-state index contributed by atoms with van der Waals surface area (Å²) in [5.41, 5.74) is 2.68. The molecule has 1 aliphatic heterocycles. The van der Waals surface area contributed by atoms with E-state index in [0.29, 0.717) is 19.0 Å². The fourth-order valence-corrected chi connectivity index (χ4v) is 6.30. The molecule has 0 N–H and O–H groups in total. The molecule has 3 heterocycles. The molecule has 2 aromatic rings. The van der Waals surface area contributed by atoms with Gasteiger partial charge in [0, 0.05) is 13.1 Å². The SMILES string of the molecule is CCCCn1c(CN2CCCC2c2nonc2C)cnc1S(=O)(=O)CC1CCC1. The van der Waals surface area contributed by atoms with Crippen LogP contribution in [0.15, 0.2) is 16.0 Å². The third-order valence-electron chi connectivity index (χ3n) is 6.33. The average Bonchev–Trinajstić information content (AvgIpc) is 3.37. The summed E-state index contributed by atoms with van der Waals surface area (Å²) in [5.74, 6) is 0.525. The second-order valence-corrected chi connectivity index (χ2v) is 10.4. The van der Waals surface area contributed by atoms with E-state index in [0.717, 1.165) is 68.6 Å². The van der Waals surface area contributed by atoms with Gasteiger partial charge in [0.25, 0.3) is 0 Å². The molecule has 4 rings (SSSR count). The van der Waals surface area contributed by atoms with Crippen molar-refractivity contribution in [2.24, 2.45) is 5.92 Å². The lowest BCUT2D eigenvalue weighted by Crippen LogP contribution is -2.27. The number of imidazole rings is 1. The van der Waals surface area contributed by atoms with Crippen LogP contribution in [0.2, 0.25) is 0 Å². The quantitative estimate of drug-likeness (QED) is 0.613. The molecular formula is C20H31N5O3S. The highest BCUT2D eigenvalue weighted by Gasteiger charge is 2.33. The number of sulfone groups is 1. The molecule has 1 atom stereocenters. The minimum Gasteiger partial charge on any atom is -0.318 e. The van der Waals surface area contributed by atoms with Gasteiger partial charge in [-0.3, -0.25) is 4.90 Å². The van der Waals surface area contributed by atoms with Crippen molar-refractivity contribution in [1.82, 2.24) is 24.8 Å². The normalized spacial score (nSPS) is 21.0. The van der Waals surface area contributed by atoms with Crippen molar-refractivity contribution in [3.63, 3.8) is 0 Å². The van der Waals surface area contributed by atoms with Gasteiger partial charge in [-0.25, -0.2) is 18.0 Å². The molecule has 9 heteroatoms. The minimum atomic E-state index is -3.36. The van der Waals surface area contributed by atoms with E-state index in [2.05, 4.69) is 27.1 Å². The number of rotatable bonds is 9. The van der Waals surface area contributed by atoms with Crippen LogP contribution in [0.5, 0.6) is 0 Å². The highest BCUT2D eigenvalue weighted by molar-refractivity contribution is 7.91. The van der Waals surface area contributed by atoms with E-state index in [9.17, 15) is 8.42 Å². The fraction of sp³-hybridized carbons (Fsp3) is 0.750. The summed E-state index contributed by atoms with van der Waals surface area (Å²) < 4.78 is 32.9. The molecule has 29 heavy (non-hydrogen) atoms. The molecule has 0 bridgehead atoms. The van der Waals surface area contributed by atoms with Crippen LogP contribution in [-0.2, 0) is 22.9 Å². The Balaban J connectivity index is 1.58. The first-order chi connectivity index (χ1) is 14.0. The molecule has 1 unspecified atom stereocenters. The van der Waals surface area contributed by atoms with Gasteiger partial charge in [0.15, 0.2) is 0 Å². The van der Waals surface area contributed by atoms with E-state index in [4.69, 9.17) is 4.63 Å². The number of likely N-dealkylation sites (tertiary alicyclic amines) is 1. The van der Waals surface area contributed by atoms with Crippen LogP contribution in [-0.4, -0.2) is 45.5 Å². The summed E-state index contributed by atoms with van der Waals surface area (Å²) in [6.07, 6.45) is 8.96. The van der Waals surface area contributed by atoms with Gasteiger partial charge in [0.1, 0.15) is 11.4 Å². The van der Waals surface area contributed by atoms with Crippen molar-refractivity contribution in [3.8, 4) is 0 Å². The Hall–Kier alpha value is -1.74. The molecule has 0 spiro atoms. The number of hydrogen-bond acceptors (Lipinski definition) is 7. The summed E-state index contributed by atoms with van der Waals surface area (Å²) in [7, 11) is -3.36. The van der Waals surface area contributed by atoms with Crippen LogP contribution in [0.4, 0.5) is 0 Å². The first kappa shape index (κ1) is 20.5. The van der Waals surface area contributed by atoms with Gasteiger partial charge in [0.05, 0.1) is 23.7 Å². The Morgan fingerprint density at radius 1 is 1.21 bits per heavy atom. The predicted octanol–water partition coefficient (Wildman–Crippen LogP) is 3.29. The first-order valence-electron chi connectivity index (χ1n) is 10.8. The summed E-state index contributed by atoms with van der Waals surface area (Å²) in [6.45, 7) is 6.33. The van der Waals surface area contributed by atoms with Gasteiger partial charge < -0.3 is 4.57 Å². The van der Waals surface area contributed by atoms with Crippen LogP contribution in [0.1, 0.15) is 75.0 Å². The highest BCUT2D eigenvalue weighted by Crippen LogP contribution is 2.34. The van der Waals surface area contributed by atoms with E-state index >= 15 is 0 Å². The largest absolute Gasteiger partial charge is 0.318 e. The van der Waals surface area contributed by atoms with Crippen molar-refractivity contribution in [1.29, 1.82) is 0 Å². The standard InChI is InChI=1S/C20H31N5O3S/c1-3-4-11-25-17(12-21-20(25)29(26,27)14-16-7-5-8-16)13-24-10-6-9-18(24)19-15(2)22-28-23-19/h12,16,18H,3-11,13-14H2,1-2H3. The lowest BCUT2D eigenvalue weighted by Gasteiger charge is -2.25. The smallest absolute Gasteiger partial charge is 0.227 e. The van der Waals surface area contributed by atoms with E-state index in [1.165, 1.54) is 0 Å². The molecule has 0 radical (unpaired) electrons. The second kappa shape index (κ2) is 8.55. The van der Waals surface area contributed by atoms with Crippen LogP contribution in [0.25, 0.3) is 0 Å². The minimum absolute atomic E-state index is 0.158. The zero-order chi connectivity index (χ0) is 20.4. The van der Waals surface area contributed by atoms with Gasteiger partial charge in [-0.2, -0.15) is 0 Å². The number of aryl methyl sites for hydroxylation is 1. The maximum absolute atomic E-state index is 13.0. The van der Waals surface area contributed by atoms with Crippen LogP contribution >= 0.6 is 0 Å². The maximum atomic E-state index is 13.0. The number of unbranched alkanes of at least 4 members (excludes halogenated alkanes) is 1. The number of aromatic nitrogens is 4. The van der Waals surface area contributed by atoms with E-state index in [1.54, 1.807) is 6.20 Å². The Labute approximate surface area is 172 Å². The van der Waals surface area contributed by atoms with E-state index in [1.807, 2.05) is 11.5 Å². The Kier molecular flexibility index (Phi) is 6.06. The van der Waals surface area contributed by atoms with Gasteiger partial charge >= 0.3 is 0 Å². The summed E-state index contributed by atoms with van der Waals surface area (Å²) in [6, 6.07) is 0.158. The zero-order valence-corrected chi connectivity index (χ0v) is 18.2. The molecule has 160 valence electrons. The molecule has 0 aromatic carbocycles. The van der Waals surface area contributed by atoms with Gasteiger partial charge in [-0.15, -0.1) is 0 Å². The molecule has 2 fully saturated rings.